The normalized spacial score (nSPS) is 9.18. The summed E-state index contributed by atoms with van der Waals surface area (Å²) >= 11 is 0. The van der Waals surface area contributed by atoms with Gasteiger partial charge in [-0.3, -0.25) is 0 Å². The monoisotopic (exact) mass is 169 g/mol. The van der Waals surface area contributed by atoms with Crippen LogP contribution in [0, 0.1) is 0 Å². The highest BCUT2D eigenvalue weighted by Gasteiger charge is 2.06. The van der Waals surface area contributed by atoms with Gasteiger partial charge in [-0.1, -0.05) is 12.1 Å². The molecule has 1 atom stereocenters. The highest BCUT2D eigenvalue weighted by atomic mass is 31.0. The summed E-state index contributed by atoms with van der Waals surface area (Å²) < 4.78 is 4.41. The topological polar surface area (TPSA) is 52.3 Å². The second-order valence-electron chi connectivity index (χ2n) is 1.99. The molecule has 0 fully saturated rings. The predicted molar refractivity (Wildman–Crippen MR) is 46.0 cm³/mol. The van der Waals surface area contributed by atoms with Crippen LogP contribution in [0.25, 0.3) is 0 Å². The van der Waals surface area contributed by atoms with Crippen molar-refractivity contribution in [3.63, 3.8) is 0 Å². The van der Waals surface area contributed by atoms with Crippen molar-refractivity contribution in [1.82, 2.24) is 0 Å². The van der Waals surface area contributed by atoms with Crippen molar-refractivity contribution in [2.45, 2.75) is 0 Å². The van der Waals surface area contributed by atoms with Gasteiger partial charge in [0.1, 0.15) is 0 Å². The van der Waals surface area contributed by atoms with Gasteiger partial charge in [0.15, 0.2) is 0 Å². The third-order valence-corrected chi connectivity index (χ3v) is 1.50. The summed E-state index contributed by atoms with van der Waals surface area (Å²) in [5.41, 5.74) is 6.31. The van der Waals surface area contributed by atoms with E-state index in [0.29, 0.717) is 11.3 Å². The van der Waals surface area contributed by atoms with E-state index in [9.17, 15) is 4.79 Å². The lowest BCUT2D eigenvalue weighted by Crippen LogP contribution is -2.02. The Morgan fingerprint density at radius 3 is 2.64 bits per heavy atom. The molecule has 0 heterocycles. The maximum atomic E-state index is 10.9. The van der Waals surface area contributed by atoms with Crippen LogP contribution < -0.4 is 5.73 Å². The minimum atomic E-state index is -0.437. The van der Waals surface area contributed by atoms with Gasteiger partial charge in [-0.25, -0.2) is 4.79 Å². The van der Waals surface area contributed by atoms with Gasteiger partial charge in [-0.15, -0.1) is 0 Å². The van der Waals surface area contributed by atoms with E-state index in [4.69, 9.17) is 5.73 Å². The molecule has 3 nitrogen and oxygen atoms in total. The molecule has 0 spiro atoms. The number of anilines is 1. The largest absolute Gasteiger partial charge is 0.448 e. The van der Waals surface area contributed by atoms with E-state index in [0.717, 1.165) is 0 Å². The summed E-state index contributed by atoms with van der Waals surface area (Å²) in [5, 5.41) is 0. The zero-order chi connectivity index (χ0) is 8.27. The highest BCUT2D eigenvalue weighted by molar-refractivity contribution is 7.10. The maximum Gasteiger partial charge on any atom is 0.342 e. The fraction of sp³-hybridized carbons (Fsp3) is 0. The summed E-state index contributed by atoms with van der Waals surface area (Å²) in [5.74, 6) is -0.437. The SMILES string of the molecule is Nc1ccccc1C(=O)OP. The minimum absolute atomic E-state index is 0.391. The van der Waals surface area contributed by atoms with Crippen molar-refractivity contribution in [2.24, 2.45) is 0 Å². The molecule has 0 amide bonds. The smallest absolute Gasteiger partial charge is 0.342 e. The lowest BCUT2D eigenvalue weighted by molar-refractivity contribution is 0.0767. The predicted octanol–water partition coefficient (Wildman–Crippen LogP) is 1.22. The van der Waals surface area contributed by atoms with Crippen LogP contribution in [0.2, 0.25) is 0 Å². The Morgan fingerprint density at radius 2 is 2.09 bits per heavy atom. The Morgan fingerprint density at radius 1 is 1.45 bits per heavy atom. The Balaban J connectivity index is 3.03. The first-order valence-electron chi connectivity index (χ1n) is 3.01. The van der Waals surface area contributed by atoms with Crippen LogP contribution in [0.15, 0.2) is 24.3 Å². The van der Waals surface area contributed by atoms with Crippen molar-refractivity contribution in [3.05, 3.63) is 29.8 Å². The Bertz CT molecular complexity index is 275. The molecular weight excluding hydrogens is 161 g/mol. The average Bonchev–Trinajstić information content (AvgIpc) is 2.04. The van der Waals surface area contributed by atoms with E-state index < -0.39 is 5.97 Å². The number of carbonyl (C=O) groups is 1. The summed E-state index contributed by atoms with van der Waals surface area (Å²) in [4.78, 5) is 10.9. The van der Waals surface area contributed by atoms with Crippen molar-refractivity contribution in [3.8, 4) is 0 Å². The minimum Gasteiger partial charge on any atom is -0.448 e. The number of rotatable bonds is 1. The number of benzene rings is 1. The number of carbonyl (C=O) groups excluding carboxylic acids is 1. The number of hydrogen-bond donors (Lipinski definition) is 1. The van der Waals surface area contributed by atoms with Gasteiger partial charge in [0, 0.05) is 5.69 Å². The van der Waals surface area contributed by atoms with Crippen LogP contribution in [0.1, 0.15) is 10.4 Å². The molecule has 0 saturated heterocycles. The van der Waals surface area contributed by atoms with Gasteiger partial charge in [-0.05, 0) is 12.1 Å². The van der Waals surface area contributed by atoms with Crippen LogP contribution in [0.5, 0.6) is 0 Å². The molecule has 11 heavy (non-hydrogen) atoms. The molecule has 1 rings (SSSR count). The fourth-order valence-electron chi connectivity index (χ4n) is 0.746. The van der Waals surface area contributed by atoms with Gasteiger partial charge < -0.3 is 10.3 Å². The molecule has 0 aliphatic heterocycles. The van der Waals surface area contributed by atoms with E-state index in [1.54, 1.807) is 24.3 Å². The maximum absolute atomic E-state index is 10.9. The zero-order valence-electron chi connectivity index (χ0n) is 5.78. The molecule has 0 radical (unpaired) electrons. The Kier molecular flexibility index (Phi) is 2.44. The highest BCUT2D eigenvalue weighted by Crippen LogP contribution is 2.12. The third kappa shape index (κ3) is 1.69. The second kappa shape index (κ2) is 3.35. The van der Waals surface area contributed by atoms with Crippen LogP contribution in [0.4, 0.5) is 5.69 Å². The molecule has 58 valence electrons. The standard InChI is InChI=1S/C7H8NO2P/c8-6-4-2-1-3-5(6)7(9)10-11/h1-4H,8,11H2. The van der Waals surface area contributed by atoms with Gasteiger partial charge >= 0.3 is 5.97 Å². The summed E-state index contributed by atoms with van der Waals surface area (Å²) in [6, 6.07) is 6.75. The average molecular weight is 169 g/mol. The van der Waals surface area contributed by atoms with Gasteiger partial charge in [0.25, 0.3) is 0 Å². The first-order chi connectivity index (χ1) is 5.25. The molecule has 2 N–H and O–H groups in total. The van der Waals surface area contributed by atoms with E-state index >= 15 is 0 Å². The van der Waals surface area contributed by atoms with Crippen LogP contribution in [-0.4, -0.2) is 5.97 Å². The summed E-state index contributed by atoms with van der Waals surface area (Å²) in [7, 11) is 1.88. The van der Waals surface area contributed by atoms with Gasteiger partial charge in [-0.2, -0.15) is 0 Å². The van der Waals surface area contributed by atoms with Crippen LogP contribution in [-0.2, 0) is 4.52 Å². The van der Waals surface area contributed by atoms with E-state index in [2.05, 4.69) is 4.52 Å². The molecular formula is C7H8NO2P. The number of nitrogen functional groups attached to an aromatic ring is 1. The molecule has 1 unspecified atom stereocenters. The molecule has 4 heteroatoms. The van der Waals surface area contributed by atoms with Crippen LogP contribution >= 0.6 is 9.47 Å². The van der Waals surface area contributed by atoms with Crippen molar-refractivity contribution >= 4 is 21.1 Å². The summed E-state index contributed by atoms with van der Waals surface area (Å²) in [6.45, 7) is 0. The van der Waals surface area contributed by atoms with Crippen molar-refractivity contribution < 1.29 is 9.32 Å². The molecule has 0 saturated carbocycles. The number of hydrogen-bond acceptors (Lipinski definition) is 3. The first-order valence-corrected chi connectivity index (χ1v) is 3.48. The van der Waals surface area contributed by atoms with Gasteiger partial charge in [0.2, 0.25) is 0 Å². The molecule has 0 aromatic heterocycles. The van der Waals surface area contributed by atoms with E-state index in [1.807, 2.05) is 9.47 Å². The molecule has 0 bridgehead atoms. The van der Waals surface area contributed by atoms with Gasteiger partial charge in [0.05, 0.1) is 15.0 Å². The summed E-state index contributed by atoms with van der Waals surface area (Å²) in [6.07, 6.45) is 0. The first kappa shape index (κ1) is 8.02. The number of nitrogens with two attached hydrogens (primary N) is 1. The fourth-order valence-corrected chi connectivity index (χ4v) is 0.873. The van der Waals surface area contributed by atoms with Crippen LogP contribution in [0.3, 0.4) is 0 Å². The van der Waals surface area contributed by atoms with E-state index in [-0.39, 0.29) is 0 Å². The Labute approximate surface area is 66.8 Å². The molecule has 1 aromatic rings. The Hall–Kier alpha value is -1.08. The van der Waals surface area contributed by atoms with Crippen molar-refractivity contribution in [2.75, 3.05) is 5.73 Å². The lowest BCUT2D eigenvalue weighted by Gasteiger charge is -2.00. The molecule has 1 aromatic carbocycles. The zero-order valence-corrected chi connectivity index (χ0v) is 6.94. The molecule has 0 aliphatic carbocycles. The second-order valence-corrected chi connectivity index (χ2v) is 2.23. The van der Waals surface area contributed by atoms with Crippen molar-refractivity contribution in [1.29, 1.82) is 0 Å². The third-order valence-electron chi connectivity index (χ3n) is 1.29. The molecule has 0 aliphatic rings. The quantitative estimate of drug-likeness (QED) is 0.507. The lowest BCUT2D eigenvalue weighted by atomic mass is 10.2. The number of para-hydroxylation sites is 1. The van der Waals surface area contributed by atoms with E-state index in [1.165, 1.54) is 0 Å².